The van der Waals surface area contributed by atoms with Gasteiger partial charge in [0, 0.05) is 0 Å². The zero-order valence-corrected chi connectivity index (χ0v) is 13.7. The lowest BCUT2D eigenvalue weighted by Crippen LogP contribution is -2.17. The molecule has 0 fully saturated rings. The van der Waals surface area contributed by atoms with Gasteiger partial charge in [-0.2, -0.15) is 0 Å². The number of thiazole rings is 1. The third kappa shape index (κ3) is 3.00. The van der Waals surface area contributed by atoms with Crippen molar-refractivity contribution in [3.63, 3.8) is 0 Å². The van der Waals surface area contributed by atoms with Crippen LogP contribution < -0.4 is 5.56 Å². The van der Waals surface area contributed by atoms with Gasteiger partial charge in [0.1, 0.15) is 4.88 Å². The maximum Gasteiger partial charge on any atom is 0.350 e. The van der Waals surface area contributed by atoms with Crippen LogP contribution in [0.2, 0.25) is 0 Å². The molecule has 1 atom stereocenters. The number of para-hydroxylation sites is 1. The Morgan fingerprint density at radius 3 is 2.70 bits per heavy atom. The van der Waals surface area contributed by atoms with Gasteiger partial charge in [0.05, 0.1) is 21.6 Å². The van der Waals surface area contributed by atoms with Crippen LogP contribution in [0.15, 0.2) is 29.1 Å². The molecular weight excluding hydrogens is 314 g/mol. The van der Waals surface area contributed by atoms with E-state index in [0.717, 1.165) is 5.01 Å². The van der Waals surface area contributed by atoms with Crippen molar-refractivity contribution in [3.05, 3.63) is 56.0 Å². The van der Waals surface area contributed by atoms with Crippen LogP contribution in [0.4, 0.5) is 0 Å². The summed E-state index contributed by atoms with van der Waals surface area (Å²) in [6.07, 6.45) is -0.665. The topological polar surface area (TPSA) is 84.9 Å². The average molecular weight is 329 g/mol. The molecule has 1 aromatic carbocycles. The molecule has 3 aromatic rings. The van der Waals surface area contributed by atoms with Crippen molar-refractivity contribution < 1.29 is 9.53 Å². The number of hydrogen-bond donors (Lipinski definition) is 1. The molecule has 2 heterocycles. The van der Waals surface area contributed by atoms with Gasteiger partial charge in [-0.15, -0.1) is 11.3 Å². The summed E-state index contributed by atoms with van der Waals surface area (Å²) in [6, 6.07) is 7.03. The highest BCUT2D eigenvalue weighted by Crippen LogP contribution is 2.22. The van der Waals surface area contributed by atoms with E-state index in [4.69, 9.17) is 4.74 Å². The van der Waals surface area contributed by atoms with Crippen molar-refractivity contribution in [1.82, 2.24) is 15.0 Å². The number of aromatic nitrogens is 3. The molecule has 2 aromatic heterocycles. The highest BCUT2D eigenvalue weighted by atomic mass is 32.1. The Kier molecular flexibility index (Phi) is 3.96. The number of esters is 1. The lowest BCUT2D eigenvalue weighted by Gasteiger charge is -2.12. The van der Waals surface area contributed by atoms with Crippen LogP contribution in [0.5, 0.6) is 0 Å². The van der Waals surface area contributed by atoms with Crippen LogP contribution in [0.25, 0.3) is 10.9 Å². The van der Waals surface area contributed by atoms with Gasteiger partial charge in [-0.05, 0) is 32.9 Å². The monoisotopic (exact) mass is 329 g/mol. The van der Waals surface area contributed by atoms with Crippen molar-refractivity contribution in [2.45, 2.75) is 26.9 Å². The fourth-order valence-electron chi connectivity index (χ4n) is 2.29. The molecule has 1 unspecified atom stereocenters. The molecule has 0 spiro atoms. The van der Waals surface area contributed by atoms with Gasteiger partial charge in [0.2, 0.25) is 0 Å². The second-order valence-electron chi connectivity index (χ2n) is 5.16. The Hall–Kier alpha value is -2.54. The van der Waals surface area contributed by atoms with Gasteiger partial charge in [0.25, 0.3) is 5.56 Å². The molecule has 0 aliphatic heterocycles. The van der Waals surface area contributed by atoms with Gasteiger partial charge >= 0.3 is 5.97 Å². The predicted molar refractivity (Wildman–Crippen MR) is 87.8 cm³/mol. The molecule has 23 heavy (non-hydrogen) atoms. The van der Waals surface area contributed by atoms with Crippen LogP contribution in [0, 0.1) is 13.8 Å². The van der Waals surface area contributed by atoms with Crippen molar-refractivity contribution in [3.8, 4) is 0 Å². The number of ether oxygens (including phenoxy) is 1. The Morgan fingerprint density at radius 1 is 1.26 bits per heavy atom. The highest BCUT2D eigenvalue weighted by molar-refractivity contribution is 7.13. The predicted octanol–water partition coefficient (Wildman–Crippen LogP) is 2.91. The minimum Gasteiger partial charge on any atom is -0.450 e. The molecule has 6 nitrogen and oxygen atoms in total. The summed E-state index contributed by atoms with van der Waals surface area (Å²) in [5, 5.41) is 1.31. The summed E-state index contributed by atoms with van der Waals surface area (Å²) >= 11 is 1.29. The first kappa shape index (κ1) is 15.4. The van der Waals surface area contributed by atoms with E-state index in [9.17, 15) is 9.59 Å². The highest BCUT2D eigenvalue weighted by Gasteiger charge is 2.20. The smallest absolute Gasteiger partial charge is 0.350 e. The van der Waals surface area contributed by atoms with Crippen LogP contribution in [0.1, 0.15) is 39.2 Å². The Morgan fingerprint density at radius 2 is 2.00 bits per heavy atom. The molecule has 0 saturated heterocycles. The van der Waals surface area contributed by atoms with Gasteiger partial charge in [-0.3, -0.25) is 4.79 Å². The van der Waals surface area contributed by atoms with E-state index in [2.05, 4.69) is 15.0 Å². The zero-order chi connectivity index (χ0) is 16.6. The number of benzene rings is 1. The van der Waals surface area contributed by atoms with Crippen LogP contribution in [-0.2, 0) is 4.74 Å². The largest absolute Gasteiger partial charge is 0.450 e. The number of rotatable bonds is 3. The van der Waals surface area contributed by atoms with Gasteiger partial charge in [-0.25, -0.2) is 14.8 Å². The molecule has 3 rings (SSSR count). The number of carbonyl (C=O) groups excluding carboxylic acids is 1. The minimum atomic E-state index is -0.665. The number of carbonyl (C=O) groups is 1. The Balaban J connectivity index is 1.89. The maximum atomic E-state index is 12.2. The molecule has 1 N–H and O–H groups in total. The molecule has 0 saturated carbocycles. The van der Waals surface area contributed by atoms with E-state index in [-0.39, 0.29) is 5.56 Å². The Labute approximate surface area is 136 Å². The van der Waals surface area contributed by atoms with E-state index in [0.29, 0.717) is 27.3 Å². The van der Waals surface area contributed by atoms with E-state index < -0.39 is 12.1 Å². The summed E-state index contributed by atoms with van der Waals surface area (Å²) in [6.45, 7) is 5.27. The van der Waals surface area contributed by atoms with Gasteiger partial charge < -0.3 is 9.72 Å². The molecule has 0 amide bonds. The first-order valence-corrected chi connectivity index (χ1v) is 7.91. The summed E-state index contributed by atoms with van der Waals surface area (Å²) in [5.74, 6) is -0.141. The average Bonchev–Trinajstić information content (AvgIpc) is 2.86. The first-order valence-electron chi connectivity index (χ1n) is 7.09. The van der Waals surface area contributed by atoms with Gasteiger partial charge in [0.15, 0.2) is 11.9 Å². The summed E-state index contributed by atoms with van der Waals surface area (Å²) in [5.41, 5.74) is 0.960. The molecule has 0 radical (unpaired) electrons. The second-order valence-corrected chi connectivity index (χ2v) is 6.37. The van der Waals surface area contributed by atoms with Gasteiger partial charge in [-0.1, -0.05) is 12.1 Å². The van der Waals surface area contributed by atoms with E-state index in [1.165, 1.54) is 11.3 Å². The number of fused-ring (bicyclic) bond motifs is 1. The van der Waals surface area contributed by atoms with Crippen molar-refractivity contribution in [2.24, 2.45) is 0 Å². The number of H-pyrrole nitrogens is 1. The fraction of sp³-hybridized carbons (Fsp3) is 0.250. The fourth-order valence-corrected chi connectivity index (χ4v) is 3.09. The molecule has 0 bridgehead atoms. The minimum absolute atomic E-state index is 0.252. The number of nitrogens with zero attached hydrogens (tertiary/aromatic N) is 2. The summed E-state index contributed by atoms with van der Waals surface area (Å²) < 4.78 is 5.42. The van der Waals surface area contributed by atoms with Crippen LogP contribution in [0.3, 0.4) is 0 Å². The third-order valence-corrected chi connectivity index (χ3v) is 4.44. The van der Waals surface area contributed by atoms with Crippen molar-refractivity contribution in [2.75, 3.05) is 0 Å². The van der Waals surface area contributed by atoms with Crippen LogP contribution >= 0.6 is 11.3 Å². The standard InChI is InChI=1S/C16H15N3O3S/c1-8-13(23-10(3)17-8)16(21)22-9(2)14-18-12-7-5-4-6-11(12)15(20)19-14/h4-7,9H,1-3H3,(H,18,19,20). The third-order valence-electron chi connectivity index (χ3n) is 3.39. The van der Waals surface area contributed by atoms with E-state index >= 15 is 0 Å². The number of aryl methyl sites for hydroxylation is 2. The molecule has 7 heteroatoms. The quantitative estimate of drug-likeness (QED) is 0.747. The van der Waals surface area contributed by atoms with E-state index in [1.807, 2.05) is 6.92 Å². The summed E-state index contributed by atoms with van der Waals surface area (Å²) in [4.78, 5) is 36.0. The van der Waals surface area contributed by atoms with Crippen molar-refractivity contribution in [1.29, 1.82) is 0 Å². The number of aromatic amines is 1. The lowest BCUT2D eigenvalue weighted by molar-refractivity contribution is 0.0325. The normalized spacial score (nSPS) is 12.3. The Bertz CT molecular complexity index is 945. The molecule has 0 aliphatic rings. The molecule has 118 valence electrons. The lowest BCUT2D eigenvalue weighted by atomic mass is 10.2. The summed E-state index contributed by atoms with van der Waals surface area (Å²) in [7, 11) is 0. The number of hydrogen-bond acceptors (Lipinski definition) is 6. The number of nitrogens with one attached hydrogen (secondary N) is 1. The van der Waals surface area contributed by atoms with Crippen LogP contribution in [-0.4, -0.2) is 20.9 Å². The second kappa shape index (κ2) is 5.92. The zero-order valence-electron chi connectivity index (χ0n) is 12.9. The molecule has 0 aliphatic carbocycles. The molecular formula is C16H15N3O3S. The SMILES string of the molecule is Cc1nc(C)c(C(=O)OC(C)c2nc3ccccc3c(=O)[nH]2)s1. The van der Waals surface area contributed by atoms with E-state index in [1.54, 1.807) is 38.1 Å². The van der Waals surface area contributed by atoms with Crippen molar-refractivity contribution >= 4 is 28.2 Å². The first-order chi connectivity index (χ1) is 11.0. The maximum absolute atomic E-state index is 12.2.